The van der Waals surface area contributed by atoms with Crippen LogP contribution in [0.1, 0.15) is 41.3 Å². The van der Waals surface area contributed by atoms with Crippen LogP contribution in [0.3, 0.4) is 0 Å². The van der Waals surface area contributed by atoms with Gasteiger partial charge in [-0.05, 0) is 13.3 Å². The summed E-state index contributed by atoms with van der Waals surface area (Å²) in [6, 6.07) is -1.48. The normalized spacial score (nSPS) is 13.3. The maximum atomic E-state index is 11.9. The zero-order valence-electron chi connectivity index (χ0n) is 11.7. The average Bonchev–Trinajstić information content (AvgIpc) is 2.92. The fourth-order valence-electron chi connectivity index (χ4n) is 1.45. The number of nitrogens with two attached hydrogens (primary N) is 1. The Balaban J connectivity index is 2.67. The van der Waals surface area contributed by atoms with Gasteiger partial charge in [-0.2, -0.15) is 0 Å². The van der Waals surface area contributed by atoms with Gasteiger partial charge in [0.15, 0.2) is 0 Å². The van der Waals surface area contributed by atoms with Crippen LogP contribution >= 0.6 is 11.3 Å². The predicted molar refractivity (Wildman–Crippen MR) is 74.9 cm³/mol. The van der Waals surface area contributed by atoms with Gasteiger partial charge in [0.25, 0.3) is 5.91 Å². The zero-order valence-corrected chi connectivity index (χ0v) is 12.5. The van der Waals surface area contributed by atoms with Crippen molar-refractivity contribution < 1.29 is 24.2 Å². The van der Waals surface area contributed by atoms with E-state index in [4.69, 9.17) is 10.8 Å². The summed E-state index contributed by atoms with van der Waals surface area (Å²) in [6.07, 6.45) is -0.159. The van der Waals surface area contributed by atoms with Gasteiger partial charge in [-0.25, -0.2) is 9.78 Å². The van der Waals surface area contributed by atoms with Crippen LogP contribution in [0, 0.1) is 0 Å². The second-order valence-electron chi connectivity index (χ2n) is 4.34. The molecule has 1 heterocycles. The topological polar surface area (TPSA) is 132 Å². The molecular weight excluding hydrogens is 298 g/mol. The third-order valence-corrected chi connectivity index (χ3v) is 3.66. The first-order valence-corrected chi connectivity index (χ1v) is 7.04. The van der Waals surface area contributed by atoms with E-state index in [0.717, 1.165) is 0 Å². The number of carboxylic acid groups (broad SMARTS) is 1. The number of aromatic nitrogens is 1. The summed E-state index contributed by atoms with van der Waals surface area (Å²) in [5.41, 5.74) is 5.75. The Hall–Kier alpha value is -2.00. The van der Waals surface area contributed by atoms with E-state index in [0.29, 0.717) is 5.01 Å². The van der Waals surface area contributed by atoms with Gasteiger partial charge in [0.1, 0.15) is 16.7 Å². The number of hydrogen-bond donors (Lipinski definition) is 3. The monoisotopic (exact) mass is 315 g/mol. The smallest absolute Gasteiger partial charge is 0.326 e. The van der Waals surface area contributed by atoms with Gasteiger partial charge in [-0.1, -0.05) is 0 Å². The van der Waals surface area contributed by atoms with Crippen LogP contribution in [-0.2, 0) is 14.3 Å². The van der Waals surface area contributed by atoms with Crippen molar-refractivity contribution in [1.29, 1.82) is 0 Å². The lowest BCUT2D eigenvalue weighted by Gasteiger charge is -2.12. The van der Waals surface area contributed by atoms with Gasteiger partial charge < -0.3 is 20.9 Å². The Morgan fingerprint density at radius 3 is 2.67 bits per heavy atom. The van der Waals surface area contributed by atoms with Crippen molar-refractivity contribution in [3.63, 3.8) is 0 Å². The Labute approximate surface area is 125 Å². The lowest BCUT2D eigenvalue weighted by Crippen LogP contribution is -2.41. The molecule has 0 spiro atoms. The number of nitrogens with one attached hydrogen (secondary N) is 1. The molecule has 1 amide bonds. The van der Waals surface area contributed by atoms with Crippen LogP contribution < -0.4 is 11.1 Å². The number of rotatable bonds is 7. The molecule has 0 fully saturated rings. The quantitative estimate of drug-likeness (QED) is 0.616. The summed E-state index contributed by atoms with van der Waals surface area (Å²) < 4.78 is 4.43. The van der Waals surface area contributed by atoms with Crippen molar-refractivity contribution in [1.82, 2.24) is 10.3 Å². The Bertz CT molecular complexity index is 529. The minimum Gasteiger partial charge on any atom is -0.480 e. The van der Waals surface area contributed by atoms with Crippen molar-refractivity contribution in [2.45, 2.75) is 31.8 Å². The maximum absolute atomic E-state index is 11.9. The minimum absolute atomic E-state index is 0.0575. The highest BCUT2D eigenvalue weighted by atomic mass is 32.1. The van der Waals surface area contributed by atoms with Crippen molar-refractivity contribution in [2.75, 3.05) is 7.11 Å². The Kier molecular flexibility index (Phi) is 6.25. The number of amides is 1. The van der Waals surface area contributed by atoms with Crippen LogP contribution in [0.5, 0.6) is 0 Å². The summed E-state index contributed by atoms with van der Waals surface area (Å²) in [4.78, 5) is 38.0. The van der Waals surface area contributed by atoms with E-state index < -0.39 is 23.9 Å². The molecule has 0 aliphatic carbocycles. The fourth-order valence-corrected chi connectivity index (χ4v) is 2.21. The van der Waals surface area contributed by atoms with Crippen molar-refractivity contribution in [3.8, 4) is 0 Å². The van der Waals surface area contributed by atoms with Crippen LogP contribution in [0.4, 0.5) is 0 Å². The molecule has 8 nitrogen and oxygen atoms in total. The SMILES string of the molecule is COC(=O)CC[C@H](NC(=O)c1csc(C(C)N)n1)C(=O)O. The lowest BCUT2D eigenvalue weighted by atomic mass is 10.1. The van der Waals surface area contributed by atoms with Gasteiger partial charge in [0, 0.05) is 11.8 Å². The number of thiazole rings is 1. The lowest BCUT2D eigenvalue weighted by molar-refractivity contribution is -0.142. The second-order valence-corrected chi connectivity index (χ2v) is 5.23. The fraction of sp³-hybridized carbons (Fsp3) is 0.500. The molecule has 0 radical (unpaired) electrons. The number of carbonyl (C=O) groups is 3. The van der Waals surface area contributed by atoms with Gasteiger partial charge >= 0.3 is 11.9 Å². The number of carbonyl (C=O) groups excluding carboxylic acids is 2. The zero-order chi connectivity index (χ0) is 16.0. The number of hydrogen-bond acceptors (Lipinski definition) is 7. The first-order valence-electron chi connectivity index (χ1n) is 6.16. The number of carboxylic acids is 1. The van der Waals surface area contributed by atoms with Crippen molar-refractivity contribution in [3.05, 3.63) is 16.1 Å². The first kappa shape index (κ1) is 17.1. The highest BCUT2D eigenvalue weighted by Crippen LogP contribution is 2.16. The third kappa shape index (κ3) is 5.12. The molecule has 0 aliphatic heterocycles. The molecule has 0 saturated carbocycles. The molecule has 21 heavy (non-hydrogen) atoms. The molecule has 0 saturated heterocycles. The molecule has 2 atom stereocenters. The van der Waals surface area contributed by atoms with E-state index in [1.165, 1.54) is 23.8 Å². The Morgan fingerprint density at radius 2 is 2.19 bits per heavy atom. The van der Waals surface area contributed by atoms with Crippen LogP contribution in [-0.4, -0.2) is 41.1 Å². The summed E-state index contributed by atoms with van der Waals surface area (Å²) in [5, 5.41) is 13.5. The second kappa shape index (κ2) is 7.70. The van der Waals surface area contributed by atoms with Gasteiger partial charge in [-0.3, -0.25) is 9.59 Å². The molecule has 116 valence electrons. The largest absolute Gasteiger partial charge is 0.480 e. The summed E-state index contributed by atoms with van der Waals surface area (Å²) in [6.45, 7) is 1.73. The molecule has 9 heteroatoms. The number of ether oxygens (including phenoxy) is 1. The molecular formula is C12H17N3O5S. The van der Waals surface area contributed by atoms with E-state index in [-0.39, 0.29) is 24.6 Å². The molecule has 1 aromatic heterocycles. The number of methoxy groups -OCH3 is 1. The standard InChI is InChI=1S/C12H17N3O5S/c1-6(13)11-15-8(5-21-11)10(17)14-7(12(18)19)3-4-9(16)20-2/h5-7H,3-4,13H2,1-2H3,(H,14,17)(H,18,19)/t6?,7-/m0/s1. The van der Waals surface area contributed by atoms with E-state index in [2.05, 4.69) is 15.0 Å². The molecule has 4 N–H and O–H groups in total. The van der Waals surface area contributed by atoms with Crippen molar-refractivity contribution >= 4 is 29.2 Å². The van der Waals surface area contributed by atoms with Crippen LogP contribution in [0.15, 0.2) is 5.38 Å². The van der Waals surface area contributed by atoms with Gasteiger partial charge in [0.05, 0.1) is 13.2 Å². The summed E-state index contributed by atoms with van der Waals surface area (Å²) in [7, 11) is 1.21. The Morgan fingerprint density at radius 1 is 1.52 bits per heavy atom. The molecule has 0 bridgehead atoms. The summed E-state index contributed by atoms with van der Waals surface area (Å²) in [5.74, 6) is -2.38. The number of nitrogens with zero attached hydrogens (tertiary/aromatic N) is 1. The van der Waals surface area contributed by atoms with E-state index in [9.17, 15) is 14.4 Å². The molecule has 1 rings (SSSR count). The summed E-state index contributed by atoms with van der Waals surface area (Å²) >= 11 is 1.22. The highest BCUT2D eigenvalue weighted by molar-refractivity contribution is 7.09. The van der Waals surface area contributed by atoms with Gasteiger partial charge in [0.2, 0.25) is 0 Å². The van der Waals surface area contributed by atoms with E-state index >= 15 is 0 Å². The predicted octanol–water partition coefficient (Wildman–Crippen LogP) is 0.299. The van der Waals surface area contributed by atoms with Crippen LogP contribution in [0.2, 0.25) is 0 Å². The van der Waals surface area contributed by atoms with E-state index in [1.807, 2.05) is 0 Å². The maximum Gasteiger partial charge on any atom is 0.326 e. The van der Waals surface area contributed by atoms with Crippen LogP contribution in [0.25, 0.3) is 0 Å². The van der Waals surface area contributed by atoms with Crippen molar-refractivity contribution in [2.24, 2.45) is 5.73 Å². The average molecular weight is 315 g/mol. The number of aliphatic carboxylic acids is 1. The first-order chi connectivity index (χ1) is 9.85. The molecule has 1 unspecified atom stereocenters. The number of esters is 1. The highest BCUT2D eigenvalue weighted by Gasteiger charge is 2.23. The minimum atomic E-state index is -1.23. The third-order valence-electron chi connectivity index (χ3n) is 2.61. The van der Waals surface area contributed by atoms with E-state index in [1.54, 1.807) is 6.92 Å². The van der Waals surface area contributed by atoms with Gasteiger partial charge in [-0.15, -0.1) is 11.3 Å². The molecule has 0 aliphatic rings. The molecule has 0 aromatic carbocycles. The molecule has 1 aromatic rings.